The molecule has 1 aromatic rings. The maximum atomic E-state index is 12.1. The van der Waals surface area contributed by atoms with Crippen molar-refractivity contribution in [2.75, 3.05) is 18.9 Å². The molecule has 21 heavy (non-hydrogen) atoms. The molecule has 0 aliphatic heterocycles. The smallest absolute Gasteiger partial charge is 0.240 e. The Morgan fingerprint density at radius 3 is 2.71 bits per heavy atom. The van der Waals surface area contributed by atoms with E-state index in [1.54, 1.807) is 26.1 Å². The summed E-state index contributed by atoms with van der Waals surface area (Å²) < 4.78 is 26.9. The molecule has 7 heteroatoms. The van der Waals surface area contributed by atoms with Gasteiger partial charge < -0.3 is 10.6 Å². The van der Waals surface area contributed by atoms with Crippen LogP contribution in [0.25, 0.3) is 0 Å². The van der Waals surface area contributed by atoms with Crippen LogP contribution in [0.3, 0.4) is 0 Å². The zero-order valence-corrected chi connectivity index (χ0v) is 13.0. The van der Waals surface area contributed by atoms with Gasteiger partial charge in [-0.1, -0.05) is 13.0 Å². The van der Waals surface area contributed by atoms with Crippen LogP contribution in [-0.2, 0) is 14.8 Å². The van der Waals surface area contributed by atoms with Gasteiger partial charge in [0.2, 0.25) is 15.9 Å². The fourth-order valence-electron chi connectivity index (χ4n) is 1.89. The van der Waals surface area contributed by atoms with Crippen molar-refractivity contribution in [3.63, 3.8) is 0 Å². The summed E-state index contributed by atoms with van der Waals surface area (Å²) in [7, 11) is -1.72. The summed E-state index contributed by atoms with van der Waals surface area (Å²) in [5.74, 6) is -0.339. The average molecular weight is 311 g/mol. The molecular formula is C14H21N3O3S. The molecule has 0 spiro atoms. The third-order valence-corrected chi connectivity index (χ3v) is 4.79. The molecule has 6 nitrogen and oxygen atoms in total. The average Bonchev–Trinajstić information content (AvgIpc) is 3.22. The van der Waals surface area contributed by atoms with Crippen LogP contribution in [0.4, 0.5) is 5.69 Å². The third kappa shape index (κ3) is 4.52. The number of amides is 1. The monoisotopic (exact) mass is 311 g/mol. The van der Waals surface area contributed by atoms with E-state index >= 15 is 0 Å². The van der Waals surface area contributed by atoms with Gasteiger partial charge in [-0.3, -0.25) is 4.79 Å². The van der Waals surface area contributed by atoms with E-state index in [0.29, 0.717) is 12.2 Å². The van der Waals surface area contributed by atoms with Crippen LogP contribution in [0, 0.1) is 5.92 Å². The number of benzene rings is 1. The summed E-state index contributed by atoms with van der Waals surface area (Å²) in [6.07, 6.45) is 1.77. The fraction of sp³-hybridized carbons (Fsp3) is 0.500. The predicted molar refractivity (Wildman–Crippen MR) is 81.5 cm³/mol. The third-order valence-electron chi connectivity index (χ3n) is 3.27. The summed E-state index contributed by atoms with van der Waals surface area (Å²) >= 11 is 0. The lowest BCUT2D eigenvalue weighted by Gasteiger charge is -2.12. The van der Waals surface area contributed by atoms with Gasteiger partial charge in [-0.15, -0.1) is 0 Å². The Bertz CT molecular complexity index is 612. The molecule has 1 aliphatic rings. The van der Waals surface area contributed by atoms with E-state index in [9.17, 15) is 13.2 Å². The molecule has 1 aromatic carbocycles. The number of hydrogen-bond acceptors (Lipinski definition) is 4. The number of rotatable bonds is 7. The molecule has 1 atom stereocenters. The number of carbonyl (C=O) groups is 1. The van der Waals surface area contributed by atoms with Crippen LogP contribution < -0.4 is 15.4 Å². The highest BCUT2D eigenvalue weighted by Crippen LogP contribution is 2.23. The van der Waals surface area contributed by atoms with Gasteiger partial charge in [0.05, 0.1) is 4.90 Å². The molecule has 1 saturated carbocycles. The number of nitrogens with one attached hydrogen (secondary N) is 3. The van der Waals surface area contributed by atoms with Crippen LogP contribution in [0.1, 0.15) is 19.8 Å². The molecule has 0 saturated heterocycles. The molecule has 0 aromatic heterocycles. The second kappa shape index (κ2) is 6.55. The van der Waals surface area contributed by atoms with Gasteiger partial charge in [0.15, 0.2) is 0 Å². The SMILES string of the molecule is CNCC(C)C(=O)Nc1cccc(S(=O)(=O)NC2CC2)c1. The van der Waals surface area contributed by atoms with Crippen molar-refractivity contribution < 1.29 is 13.2 Å². The van der Waals surface area contributed by atoms with E-state index in [4.69, 9.17) is 0 Å². The van der Waals surface area contributed by atoms with Gasteiger partial charge in [0, 0.05) is 24.2 Å². The molecule has 3 N–H and O–H groups in total. The van der Waals surface area contributed by atoms with Crippen molar-refractivity contribution >= 4 is 21.6 Å². The largest absolute Gasteiger partial charge is 0.326 e. The minimum absolute atomic E-state index is 0.0592. The second-order valence-corrected chi connectivity index (χ2v) is 7.09. The van der Waals surface area contributed by atoms with Crippen molar-refractivity contribution in [2.45, 2.75) is 30.7 Å². The van der Waals surface area contributed by atoms with Crippen molar-refractivity contribution in [3.8, 4) is 0 Å². The van der Waals surface area contributed by atoms with E-state index in [-0.39, 0.29) is 22.8 Å². The van der Waals surface area contributed by atoms with Crippen LogP contribution >= 0.6 is 0 Å². The highest BCUT2D eigenvalue weighted by Gasteiger charge is 2.28. The Hall–Kier alpha value is -1.44. The van der Waals surface area contributed by atoms with Gasteiger partial charge in [0.25, 0.3) is 0 Å². The highest BCUT2D eigenvalue weighted by molar-refractivity contribution is 7.89. The van der Waals surface area contributed by atoms with Gasteiger partial charge >= 0.3 is 0 Å². The Labute approximate surface area is 125 Å². The minimum atomic E-state index is -3.50. The quantitative estimate of drug-likeness (QED) is 0.699. The lowest BCUT2D eigenvalue weighted by atomic mass is 10.1. The van der Waals surface area contributed by atoms with Crippen molar-refractivity contribution in [2.24, 2.45) is 5.92 Å². The molecule has 0 bridgehead atoms. The first kappa shape index (κ1) is 15.9. The van der Waals surface area contributed by atoms with Gasteiger partial charge in [-0.25, -0.2) is 13.1 Å². The van der Waals surface area contributed by atoms with E-state index in [0.717, 1.165) is 12.8 Å². The maximum Gasteiger partial charge on any atom is 0.240 e. The van der Waals surface area contributed by atoms with Gasteiger partial charge in [0.1, 0.15) is 0 Å². The first-order valence-corrected chi connectivity index (χ1v) is 8.48. The van der Waals surface area contributed by atoms with Crippen molar-refractivity contribution in [1.29, 1.82) is 0 Å². The van der Waals surface area contributed by atoms with Crippen molar-refractivity contribution in [3.05, 3.63) is 24.3 Å². The summed E-state index contributed by atoms with van der Waals surface area (Å²) in [4.78, 5) is 12.1. The molecule has 0 heterocycles. The van der Waals surface area contributed by atoms with Crippen molar-refractivity contribution in [1.82, 2.24) is 10.0 Å². The summed E-state index contributed by atoms with van der Waals surface area (Å²) in [5, 5.41) is 5.67. The number of hydrogen-bond donors (Lipinski definition) is 3. The van der Waals surface area contributed by atoms with Crippen LogP contribution in [0.15, 0.2) is 29.2 Å². The van der Waals surface area contributed by atoms with Gasteiger partial charge in [-0.05, 0) is 38.1 Å². The normalized spacial score (nSPS) is 16.5. The lowest BCUT2D eigenvalue weighted by Crippen LogP contribution is -2.29. The molecule has 2 rings (SSSR count). The summed E-state index contributed by atoms with van der Waals surface area (Å²) in [6, 6.07) is 6.37. The maximum absolute atomic E-state index is 12.1. The Kier molecular flexibility index (Phi) is 4.97. The van der Waals surface area contributed by atoms with Crippen LogP contribution in [0.5, 0.6) is 0 Å². The van der Waals surface area contributed by atoms with E-state index in [1.807, 2.05) is 0 Å². The van der Waals surface area contributed by atoms with E-state index in [1.165, 1.54) is 12.1 Å². The lowest BCUT2D eigenvalue weighted by molar-refractivity contribution is -0.119. The Balaban J connectivity index is 2.08. The highest BCUT2D eigenvalue weighted by atomic mass is 32.2. The Morgan fingerprint density at radius 1 is 1.38 bits per heavy atom. The summed E-state index contributed by atoms with van der Waals surface area (Å²) in [6.45, 7) is 2.37. The van der Waals surface area contributed by atoms with Crippen LogP contribution in [0.2, 0.25) is 0 Å². The predicted octanol–water partition coefficient (Wildman–Crippen LogP) is 0.921. The number of anilines is 1. The fourth-order valence-corrected chi connectivity index (χ4v) is 3.24. The first-order valence-electron chi connectivity index (χ1n) is 7.00. The molecule has 1 fully saturated rings. The van der Waals surface area contributed by atoms with Crippen LogP contribution in [-0.4, -0.2) is 34.0 Å². The zero-order valence-electron chi connectivity index (χ0n) is 12.2. The minimum Gasteiger partial charge on any atom is -0.326 e. The van der Waals surface area contributed by atoms with E-state index < -0.39 is 10.0 Å². The molecule has 1 unspecified atom stereocenters. The van der Waals surface area contributed by atoms with Gasteiger partial charge in [-0.2, -0.15) is 0 Å². The van der Waals surface area contributed by atoms with E-state index in [2.05, 4.69) is 15.4 Å². The second-order valence-electron chi connectivity index (χ2n) is 5.37. The molecule has 0 radical (unpaired) electrons. The standard InChI is InChI=1S/C14H21N3O3S/c1-10(9-15-2)14(18)16-12-4-3-5-13(8-12)21(19,20)17-11-6-7-11/h3-5,8,10-11,15,17H,6-7,9H2,1-2H3,(H,16,18). The summed E-state index contributed by atoms with van der Waals surface area (Å²) in [5.41, 5.74) is 0.488. The number of sulfonamides is 1. The molecule has 1 aliphatic carbocycles. The molecule has 116 valence electrons. The first-order chi connectivity index (χ1) is 9.92. The Morgan fingerprint density at radius 2 is 2.10 bits per heavy atom. The molecular weight excluding hydrogens is 290 g/mol. The zero-order chi connectivity index (χ0) is 15.5. The topological polar surface area (TPSA) is 87.3 Å². The molecule has 1 amide bonds. The number of carbonyl (C=O) groups excluding carboxylic acids is 1.